The van der Waals surface area contributed by atoms with Gasteiger partial charge in [-0.15, -0.1) is 0 Å². The maximum Gasteiger partial charge on any atom is 0.256 e. The quantitative estimate of drug-likeness (QED) is 0.539. The van der Waals surface area contributed by atoms with E-state index in [1.807, 2.05) is 13.8 Å². The number of nitrogens with one attached hydrogen (secondary N) is 3. The van der Waals surface area contributed by atoms with Gasteiger partial charge in [0.1, 0.15) is 5.82 Å². The Bertz CT molecular complexity index is 931. The molecule has 7 heteroatoms. The molecule has 2 amide bonds. The zero-order valence-electron chi connectivity index (χ0n) is 15.5. The number of anilines is 1. The Morgan fingerprint density at radius 1 is 1.33 bits per heavy atom. The van der Waals surface area contributed by atoms with Crippen LogP contribution in [0.25, 0.3) is 11.6 Å². The molecule has 6 nitrogen and oxygen atoms in total. The van der Waals surface area contributed by atoms with Crippen molar-refractivity contribution in [2.24, 2.45) is 0 Å². The number of amides is 2. The Hall–Kier alpha value is -2.93. The predicted molar refractivity (Wildman–Crippen MR) is 102 cm³/mol. The molecule has 1 aromatic carbocycles. The molecule has 0 fully saturated rings. The van der Waals surface area contributed by atoms with Crippen LogP contribution < -0.4 is 10.6 Å². The van der Waals surface area contributed by atoms with E-state index in [1.54, 1.807) is 13.0 Å². The van der Waals surface area contributed by atoms with Crippen molar-refractivity contribution in [1.29, 1.82) is 0 Å². The number of aromatic amines is 1. The van der Waals surface area contributed by atoms with Crippen LogP contribution in [0.3, 0.4) is 0 Å². The van der Waals surface area contributed by atoms with Crippen molar-refractivity contribution in [1.82, 2.24) is 10.3 Å². The maximum absolute atomic E-state index is 13.6. The molecular weight excluding hydrogens is 349 g/mol. The normalized spacial score (nSPS) is 14.4. The van der Waals surface area contributed by atoms with Crippen LogP contribution in [-0.2, 0) is 9.53 Å². The summed E-state index contributed by atoms with van der Waals surface area (Å²) in [5, 5.41) is 5.54. The van der Waals surface area contributed by atoms with Gasteiger partial charge in [-0.2, -0.15) is 0 Å². The van der Waals surface area contributed by atoms with Gasteiger partial charge in [-0.25, -0.2) is 4.39 Å². The standard InChI is InChI=1S/C20H22FN3O3/c1-4-27-8-7-22-20(26)18-11(2)17(23-12(18)3)10-15-14-9-13(21)5-6-16(14)24-19(15)25/h5-6,9-10,23H,4,7-8H2,1-3H3,(H,22,26)(H,24,25)/b15-10-. The molecule has 2 aromatic rings. The van der Waals surface area contributed by atoms with Gasteiger partial charge in [-0.1, -0.05) is 0 Å². The second kappa shape index (κ2) is 7.75. The third-order valence-corrected chi connectivity index (χ3v) is 4.49. The van der Waals surface area contributed by atoms with Crippen molar-refractivity contribution in [2.45, 2.75) is 20.8 Å². The Labute approximate surface area is 156 Å². The number of aryl methyl sites for hydroxylation is 1. The molecule has 1 aliphatic rings. The summed E-state index contributed by atoms with van der Waals surface area (Å²) in [7, 11) is 0. The van der Waals surface area contributed by atoms with E-state index in [4.69, 9.17) is 4.74 Å². The lowest BCUT2D eigenvalue weighted by Crippen LogP contribution is -2.28. The Morgan fingerprint density at radius 2 is 2.11 bits per heavy atom. The van der Waals surface area contributed by atoms with Gasteiger partial charge >= 0.3 is 0 Å². The summed E-state index contributed by atoms with van der Waals surface area (Å²) in [5.41, 5.74) is 4.05. The minimum Gasteiger partial charge on any atom is -0.380 e. The van der Waals surface area contributed by atoms with E-state index in [1.165, 1.54) is 18.2 Å². The fraction of sp³-hybridized carbons (Fsp3) is 0.300. The highest BCUT2D eigenvalue weighted by molar-refractivity contribution is 6.34. The predicted octanol–water partition coefficient (Wildman–Crippen LogP) is 3.03. The molecule has 0 radical (unpaired) electrons. The summed E-state index contributed by atoms with van der Waals surface area (Å²) in [6.07, 6.45) is 1.65. The number of ether oxygens (including phenoxy) is 1. The van der Waals surface area contributed by atoms with Gasteiger partial charge in [0, 0.05) is 35.8 Å². The molecule has 1 aliphatic heterocycles. The van der Waals surface area contributed by atoms with E-state index in [2.05, 4.69) is 15.6 Å². The highest BCUT2D eigenvalue weighted by Crippen LogP contribution is 2.34. The number of halogens is 1. The Kier molecular flexibility index (Phi) is 5.41. The van der Waals surface area contributed by atoms with Crippen molar-refractivity contribution >= 4 is 29.2 Å². The summed E-state index contributed by atoms with van der Waals surface area (Å²) in [6.45, 7) is 6.97. The van der Waals surface area contributed by atoms with Gasteiger partial charge in [0.05, 0.1) is 17.7 Å². The molecule has 0 bridgehead atoms. The van der Waals surface area contributed by atoms with Crippen LogP contribution in [0.2, 0.25) is 0 Å². The zero-order valence-corrected chi connectivity index (χ0v) is 15.5. The van der Waals surface area contributed by atoms with Gasteiger partial charge in [-0.05, 0) is 50.6 Å². The number of aromatic nitrogens is 1. The van der Waals surface area contributed by atoms with Crippen molar-refractivity contribution in [2.75, 3.05) is 25.1 Å². The number of hydrogen-bond donors (Lipinski definition) is 3. The third-order valence-electron chi connectivity index (χ3n) is 4.49. The molecule has 2 heterocycles. The Balaban J connectivity index is 1.89. The van der Waals surface area contributed by atoms with Crippen molar-refractivity contribution in [3.05, 3.63) is 52.1 Å². The van der Waals surface area contributed by atoms with Crippen molar-refractivity contribution in [3.63, 3.8) is 0 Å². The van der Waals surface area contributed by atoms with Crippen LogP contribution in [0.5, 0.6) is 0 Å². The third kappa shape index (κ3) is 3.78. The smallest absolute Gasteiger partial charge is 0.256 e. The van der Waals surface area contributed by atoms with Crippen LogP contribution >= 0.6 is 0 Å². The second-order valence-electron chi connectivity index (χ2n) is 6.32. The lowest BCUT2D eigenvalue weighted by Gasteiger charge is -2.06. The molecule has 0 atom stereocenters. The van der Waals surface area contributed by atoms with E-state index in [0.29, 0.717) is 53.5 Å². The average molecular weight is 371 g/mol. The molecule has 3 N–H and O–H groups in total. The van der Waals surface area contributed by atoms with E-state index in [9.17, 15) is 14.0 Å². The summed E-state index contributed by atoms with van der Waals surface area (Å²) in [6, 6.07) is 4.16. The van der Waals surface area contributed by atoms with Crippen LogP contribution in [0.15, 0.2) is 18.2 Å². The van der Waals surface area contributed by atoms with Gasteiger partial charge in [0.15, 0.2) is 0 Å². The SMILES string of the molecule is CCOCCNC(=O)c1c(C)[nH]c(/C=C2\C(=O)Nc3ccc(F)cc32)c1C. The minimum atomic E-state index is -0.412. The van der Waals surface area contributed by atoms with Crippen LogP contribution in [0.1, 0.15) is 39.8 Å². The van der Waals surface area contributed by atoms with E-state index in [-0.39, 0.29) is 11.8 Å². The largest absolute Gasteiger partial charge is 0.380 e. The molecule has 27 heavy (non-hydrogen) atoms. The summed E-state index contributed by atoms with van der Waals surface area (Å²) in [4.78, 5) is 27.9. The lowest BCUT2D eigenvalue weighted by molar-refractivity contribution is -0.110. The highest BCUT2D eigenvalue weighted by atomic mass is 19.1. The number of carbonyl (C=O) groups is 2. The van der Waals surface area contributed by atoms with Gasteiger partial charge in [0.25, 0.3) is 11.8 Å². The molecule has 142 valence electrons. The first kappa shape index (κ1) is 18.8. The maximum atomic E-state index is 13.6. The second-order valence-corrected chi connectivity index (χ2v) is 6.32. The van der Waals surface area contributed by atoms with Crippen LogP contribution in [0, 0.1) is 19.7 Å². The molecule has 1 aromatic heterocycles. The molecule has 3 rings (SSSR count). The summed E-state index contributed by atoms with van der Waals surface area (Å²) in [5.74, 6) is -0.914. The first-order valence-corrected chi connectivity index (χ1v) is 8.80. The van der Waals surface area contributed by atoms with Crippen LogP contribution in [0.4, 0.5) is 10.1 Å². The summed E-state index contributed by atoms with van der Waals surface area (Å²) < 4.78 is 18.8. The van der Waals surface area contributed by atoms with Crippen molar-refractivity contribution in [3.8, 4) is 0 Å². The van der Waals surface area contributed by atoms with Gasteiger partial charge < -0.3 is 20.4 Å². The minimum absolute atomic E-state index is 0.201. The lowest BCUT2D eigenvalue weighted by atomic mass is 10.0. The molecule has 0 unspecified atom stereocenters. The monoisotopic (exact) mass is 371 g/mol. The molecular formula is C20H22FN3O3. The zero-order chi connectivity index (χ0) is 19.6. The number of rotatable bonds is 6. The number of carbonyl (C=O) groups excluding carboxylic acids is 2. The van der Waals surface area contributed by atoms with Crippen molar-refractivity contribution < 1.29 is 18.7 Å². The average Bonchev–Trinajstić information content (AvgIpc) is 3.08. The fourth-order valence-corrected chi connectivity index (χ4v) is 3.18. The molecule has 0 saturated carbocycles. The fourth-order valence-electron chi connectivity index (χ4n) is 3.18. The summed E-state index contributed by atoms with van der Waals surface area (Å²) >= 11 is 0. The number of H-pyrrole nitrogens is 1. The van der Waals surface area contributed by atoms with Crippen LogP contribution in [-0.4, -0.2) is 36.6 Å². The molecule has 0 aliphatic carbocycles. The van der Waals surface area contributed by atoms with E-state index in [0.717, 1.165) is 5.56 Å². The molecule has 0 saturated heterocycles. The Morgan fingerprint density at radius 3 is 2.85 bits per heavy atom. The van der Waals surface area contributed by atoms with Gasteiger partial charge in [0.2, 0.25) is 0 Å². The number of fused-ring (bicyclic) bond motifs is 1. The number of benzene rings is 1. The topological polar surface area (TPSA) is 83.2 Å². The van der Waals surface area contributed by atoms with E-state index >= 15 is 0 Å². The van der Waals surface area contributed by atoms with Gasteiger partial charge in [-0.3, -0.25) is 9.59 Å². The first-order valence-electron chi connectivity index (χ1n) is 8.80. The van der Waals surface area contributed by atoms with E-state index < -0.39 is 5.82 Å². The molecule has 0 spiro atoms. The highest BCUT2D eigenvalue weighted by Gasteiger charge is 2.26. The number of hydrogen-bond acceptors (Lipinski definition) is 3. The first-order chi connectivity index (χ1) is 12.9.